The molecule has 0 amide bonds. The number of anilines is 2. The van der Waals surface area contributed by atoms with Crippen LogP contribution < -0.4 is 10.0 Å². The SMILES string of the molecule is CN(c1ccccn1)S(=O)(=O)c1ccc(F)c(N)c1. The molecule has 1 heterocycles. The van der Waals surface area contributed by atoms with Gasteiger partial charge in [0.25, 0.3) is 10.0 Å². The van der Waals surface area contributed by atoms with Crippen molar-refractivity contribution >= 4 is 21.5 Å². The summed E-state index contributed by atoms with van der Waals surface area (Å²) in [6.07, 6.45) is 1.49. The van der Waals surface area contributed by atoms with Gasteiger partial charge in [0.15, 0.2) is 0 Å². The molecule has 0 atom stereocenters. The Labute approximate surface area is 110 Å². The first-order chi connectivity index (χ1) is 8.93. The third-order valence-electron chi connectivity index (χ3n) is 2.60. The van der Waals surface area contributed by atoms with E-state index >= 15 is 0 Å². The van der Waals surface area contributed by atoms with E-state index in [2.05, 4.69) is 4.98 Å². The Morgan fingerprint density at radius 2 is 2.00 bits per heavy atom. The number of halogens is 1. The van der Waals surface area contributed by atoms with Crippen molar-refractivity contribution in [2.24, 2.45) is 0 Å². The monoisotopic (exact) mass is 281 g/mol. The number of nitrogens with two attached hydrogens (primary N) is 1. The van der Waals surface area contributed by atoms with Gasteiger partial charge in [0.05, 0.1) is 10.6 Å². The van der Waals surface area contributed by atoms with Crippen LogP contribution in [0.5, 0.6) is 0 Å². The van der Waals surface area contributed by atoms with Gasteiger partial charge in [-0.15, -0.1) is 0 Å². The predicted octanol–water partition coefficient (Wildman–Crippen LogP) is 1.63. The second-order valence-electron chi connectivity index (χ2n) is 3.84. The van der Waals surface area contributed by atoms with Crippen LogP contribution in [0.2, 0.25) is 0 Å². The van der Waals surface area contributed by atoms with Crippen LogP contribution in [0.25, 0.3) is 0 Å². The zero-order chi connectivity index (χ0) is 14.0. The number of hydrogen-bond donors (Lipinski definition) is 1. The van der Waals surface area contributed by atoms with Gasteiger partial charge in [-0.25, -0.2) is 17.8 Å². The highest BCUT2D eigenvalue weighted by molar-refractivity contribution is 7.92. The van der Waals surface area contributed by atoms with E-state index in [1.54, 1.807) is 18.2 Å². The smallest absolute Gasteiger partial charge is 0.265 e. The fourth-order valence-corrected chi connectivity index (χ4v) is 2.69. The van der Waals surface area contributed by atoms with Crippen LogP contribution >= 0.6 is 0 Å². The van der Waals surface area contributed by atoms with E-state index in [4.69, 9.17) is 5.73 Å². The predicted molar refractivity (Wildman–Crippen MR) is 70.6 cm³/mol. The summed E-state index contributed by atoms with van der Waals surface area (Å²) < 4.78 is 38.7. The molecule has 0 aliphatic rings. The molecule has 2 N–H and O–H groups in total. The first-order valence-corrected chi connectivity index (χ1v) is 6.82. The van der Waals surface area contributed by atoms with Gasteiger partial charge in [-0.2, -0.15) is 0 Å². The maximum atomic E-state index is 13.1. The first-order valence-electron chi connectivity index (χ1n) is 5.38. The first kappa shape index (κ1) is 13.3. The molecule has 0 fully saturated rings. The topological polar surface area (TPSA) is 76.3 Å². The number of hydrogen-bond acceptors (Lipinski definition) is 4. The summed E-state index contributed by atoms with van der Waals surface area (Å²) in [6, 6.07) is 8.19. The molecule has 0 radical (unpaired) electrons. The summed E-state index contributed by atoms with van der Waals surface area (Å²) in [4.78, 5) is 3.87. The fourth-order valence-electron chi connectivity index (χ4n) is 1.50. The van der Waals surface area contributed by atoms with E-state index in [1.807, 2.05) is 0 Å². The normalized spacial score (nSPS) is 11.3. The van der Waals surface area contributed by atoms with Crippen molar-refractivity contribution in [2.45, 2.75) is 4.90 Å². The highest BCUT2D eigenvalue weighted by atomic mass is 32.2. The Bertz CT molecular complexity index is 689. The molecule has 19 heavy (non-hydrogen) atoms. The lowest BCUT2D eigenvalue weighted by atomic mass is 10.3. The van der Waals surface area contributed by atoms with Crippen molar-refractivity contribution in [3.8, 4) is 0 Å². The van der Waals surface area contributed by atoms with E-state index in [0.29, 0.717) is 0 Å². The van der Waals surface area contributed by atoms with Gasteiger partial charge in [0.1, 0.15) is 11.6 Å². The molecule has 0 saturated heterocycles. The summed E-state index contributed by atoms with van der Waals surface area (Å²) >= 11 is 0. The molecule has 1 aromatic carbocycles. The van der Waals surface area contributed by atoms with Crippen molar-refractivity contribution < 1.29 is 12.8 Å². The number of nitrogen functional groups attached to an aromatic ring is 1. The number of sulfonamides is 1. The Hall–Kier alpha value is -2.15. The molecule has 5 nitrogen and oxygen atoms in total. The molecular formula is C12H12FN3O2S. The molecule has 7 heteroatoms. The summed E-state index contributed by atoms with van der Waals surface area (Å²) in [7, 11) is -2.43. The Morgan fingerprint density at radius 3 is 2.58 bits per heavy atom. The van der Waals surface area contributed by atoms with E-state index in [-0.39, 0.29) is 16.4 Å². The highest BCUT2D eigenvalue weighted by Crippen LogP contribution is 2.22. The number of pyridine rings is 1. The molecule has 1 aromatic heterocycles. The molecule has 0 aliphatic carbocycles. The van der Waals surface area contributed by atoms with Crippen molar-refractivity contribution in [1.29, 1.82) is 0 Å². The third kappa shape index (κ3) is 2.50. The van der Waals surface area contributed by atoms with Crippen LogP contribution in [0.1, 0.15) is 0 Å². The van der Waals surface area contributed by atoms with Crippen LogP contribution in [0, 0.1) is 5.82 Å². The third-order valence-corrected chi connectivity index (χ3v) is 4.36. The number of benzene rings is 1. The lowest BCUT2D eigenvalue weighted by Crippen LogP contribution is -2.27. The molecule has 0 saturated carbocycles. The lowest BCUT2D eigenvalue weighted by Gasteiger charge is -2.18. The zero-order valence-electron chi connectivity index (χ0n) is 10.1. The van der Waals surface area contributed by atoms with Gasteiger partial charge in [-0.1, -0.05) is 6.07 Å². The Kier molecular flexibility index (Phi) is 3.39. The van der Waals surface area contributed by atoms with Gasteiger partial charge in [0.2, 0.25) is 0 Å². The van der Waals surface area contributed by atoms with Gasteiger partial charge in [-0.3, -0.25) is 4.31 Å². The average molecular weight is 281 g/mol. The zero-order valence-corrected chi connectivity index (χ0v) is 10.9. The summed E-state index contributed by atoms with van der Waals surface area (Å²) in [5.41, 5.74) is 5.17. The molecule has 2 aromatic rings. The lowest BCUT2D eigenvalue weighted by molar-refractivity contribution is 0.593. The molecular weight excluding hydrogens is 269 g/mol. The Morgan fingerprint density at radius 1 is 1.26 bits per heavy atom. The van der Waals surface area contributed by atoms with Gasteiger partial charge in [-0.05, 0) is 30.3 Å². The minimum atomic E-state index is -3.81. The van der Waals surface area contributed by atoms with Crippen molar-refractivity contribution in [3.05, 3.63) is 48.4 Å². The minimum Gasteiger partial charge on any atom is -0.396 e. The molecule has 0 spiro atoms. The van der Waals surface area contributed by atoms with Crippen molar-refractivity contribution in [3.63, 3.8) is 0 Å². The summed E-state index contributed by atoms with van der Waals surface area (Å²) in [5.74, 6) is -0.384. The molecule has 0 unspecified atom stereocenters. The van der Waals surface area contributed by atoms with E-state index in [1.165, 1.54) is 19.3 Å². The fraction of sp³-hybridized carbons (Fsp3) is 0.0833. The standard InChI is InChI=1S/C12H12FN3O2S/c1-16(12-4-2-3-7-15-12)19(17,18)9-5-6-10(13)11(14)8-9/h2-8H,14H2,1H3. The minimum absolute atomic E-state index is 0.0837. The van der Waals surface area contributed by atoms with Crippen molar-refractivity contribution in [2.75, 3.05) is 17.1 Å². The second-order valence-corrected chi connectivity index (χ2v) is 5.81. The number of nitrogens with zero attached hydrogens (tertiary/aromatic N) is 2. The maximum absolute atomic E-state index is 13.1. The second kappa shape index (κ2) is 4.85. The molecule has 0 bridgehead atoms. The molecule has 100 valence electrons. The quantitative estimate of drug-likeness (QED) is 0.867. The van der Waals surface area contributed by atoms with Crippen LogP contribution in [-0.4, -0.2) is 20.4 Å². The van der Waals surface area contributed by atoms with Gasteiger partial charge >= 0.3 is 0 Å². The molecule has 2 rings (SSSR count). The maximum Gasteiger partial charge on any atom is 0.265 e. The van der Waals surface area contributed by atoms with E-state index in [0.717, 1.165) is 16.4 Å². The van der Waals surface area contributed by atoms with E-state index < -0.39 is 15.8 Å². The van der Waals surface area contributed by atoms with Crippen LogP contribution in [-0.2, 0) is 10.0 Å². The van der Waals surface area contributed by atoms with Crippen LogP contribution in [0.3, 0.4) is 0 Å². The number of aromatic nitrogens is 1. The van der Waals surface area contributed by atoms with Crippen LogP contribution in [0.15, 0.2) is 47.5 Å². The van der Waals surface area contributed by atoms with Gasteiger partial charge in [0, 0.05) is 13.2 Å². The summed E-state index contributed by atoms with van der Waals surface area (Å²) in [6.45, 7) is 0. The van der Waals surface area contributed by atoms with Crippen molar-refractivity contribution in [1.82, 2.24) is 4.98 Å². The Balaban J connectivity index is 2.45. The van der Waals surface area contributed by atoms with Crippen LogP contribution in [0.4, 0.5) is 15.9 Å². The summed E-state index contributed by atoms with van der Waals surface area (Å²) in [5, 5.41) is 0. The average Bonchev–Trinajstić information content (AvgIpc) is 2.41. The molecule has 0 aliphatic heterocycles. The largest absolute Gasteiger partial charge is 0.396 e. The van der Waals surface area contributed by atoms with E-state index in [9.17, 15) is 12.8 Å². The number of rotatable bonds is 3. The van der Waals surface area contributed by atoms with Gasteiger partial charge < -0.3 is 5.73 Å². The highest BCUT2D eigenvalue weighted by Gasteiger charge is 2.22.